The van der Waals surface area contributed by atoms with Gasteiger partial charge in [0, 0.05) is 5.92 Å². The number of ether oxygens (including phenoxy) is 1. The van der Waals surface area contributed by atoms with Gasteiger partial charge in [-0.25, -0.2) is 0 Å². The van der Waals surface area contributed by atoms with Crippen LogP contribution in [0.25, 0.3) is 0 Å². The van der Waals surface area contributed by atoms with Gasteiger partial charge in [0.25, 0.3) is 0 Å². The van der Waals surface area contributed by atoms with Crippen molar-refractivity contribution in [2.24, 2.45) is 0 Å². The third-order valence-corrected chi connectivity index (χ3v) is 4.55. The minimum absolute atomic E-state index is 0.0698. The fraction of sp³-hybridized carbons (Fsp3) is 0.647. The molecule has 0 aliphatic heterocycles. The van der Waals surface area contributed by atoms with E-state index in [0.29, 0.717) is 0 Å². The summed E-state index contributed by atoms with van der Waals surface area (Å²) in [5.41, 5.74) is 1.06. The van der Waals surface area contributed by atoms with Crippen molar-refractivity contribution in [2.75, 3.05) is 7.11 Å². The molecule has 0 bridgehead atoms. The van der Waals surface area contributed by atoms with Gasteiger partial charge in [0.15, 0.2) is 3.79 Å². The highest BCUT2D eigenvalue weighted by molar-refractivity contribution is 6.68. The summed E-state index contributed by atoms with van der Waals surface area (Å²) in [6.45, 7) is 2.22. The fourth-order valence-corrected chi connectivity index (χ4v) is 3.19. The van der Waals surface area contributed by atoms with Crippen LogP contribution in [0.15, 0.2) is 24.3 Å². The third-order valence-electron chi connectivity index (χ3n) is 3.76. The lowest BCUT2D eigenvalue weighted by molar-refractivity contribution is 0.414. The van der Waals surface area contributed by atoms with Crippen molar-refractivity contribution in [2.45, 2.75) is 61.6 Å². The van der Waals surface area contributed by atoms with Crippen molar-refractivity contribution < 1.29 is 4.74 Å². The molecule has 0 aliphatic rings. The predicted molar refractivity (Wildman–Crippen MR) is 94.0 cm³/mol. The van der Waals surface area contributed by atoms with E-state index < -0.39 is 3.79 Å². The molecule has 1 nitrogen and oxygen atoms in total. The van der Waals surface area contributed by atoms with Crippen LogP contribution in [0.4, 0.5) is 0 Å². The van der Waals surface area contributed by atoms with Gasteiger partial charge in [0.1, 0.15) is 5.75 Å². The van der Waals surface area contributed by atoms with Crippen LogP contribution in [-0.4, -0.2) is 10.9 Å². The first kappa shape index (κ1) is 18.9. The van der Waals surface area contributed by atoms with Crippen LogP contribution >= 0.6 is 34.8 Å². The summed E-state index contributed by atoms with van der Waals surface area (Å²) in [5, 5.41) is 0. The molecule has 0 aliphatic carbocycles. The van der Waals surface area contributed by atoms with Crippen LogP contribution in [-0.2, 0) is 0 Å². The Morgan fingerprint density at radius 3 is 2.05 bits per heavy atom. The molecule has 21 heavy (non-hydrogen) atoms. The molecule has 0 spiro atoms. The van der Waals surface area contributed by atoms with E-state index >= 15 is 0 Å². The normalized spacial score (nSPS) is 13.2. The summed E-state index contributed by atoms with van der Waals surface area (Å²) in [6, 6.07) is 7.81. The summed E-state index contributed by atoms with van der Waals surface area (Å²) < 4.78 is 3.91. The molecular formula is C17H25Cl3O. The number of rotatable bonds is 9. The molecule has 1 rings (SSSR count). The van der Waals surface area contributed by atoms with Crippen molar-refractivity contribution in [1.29, 1.82) is 0 Å². The number of benzene rings is 1. The first-order chi connectivity index (χ1) is 9.99. The van der Waals surface area contributed by atoms with Crippen LogP contribution < -0.4 is 4.74 Å². The maximum atomic E-state index is 6.17. The van der Waals surface area contributed by atoms with E-state index in [-0.39, 0.29) is 5.92 Å². The van der Waals surface area contributed by atoms with Gasteiger partial charge >= 0.3 is 0 Å². The molecule has 1 unspecified atom stereocenters. The van der Waals surface area contributed by atoms with Crippen LogP contribution in [0.1, 0.15) is 63.4 Å². The van der Waals surface area contributed by atoms with Gasteiger partial charge in [-0.05, 0) is 24.1 Å². The quantitative estimate of drug-likeness (QED) is 0.347. The second kappa shape index (κ2) is 9.82. The van der Waals surface area contributed by atoms with Crippen molar-refractivity contribution in [3.63, 3.8) is 0 Å². The van der Waals surface area contributed by atoms with Crippen LogP contribution in [0.3, 0.4) is 0 Å². The molecule has 0 saturated heterocycles. The molecule has 1 aromatic rings. The summed E-state index contributed by atoms with van der Waals surface area (Å²) in [6.07, 6.45) is 8.34. The fourth-order valence-electron chi connectivity index (χ4n) is 2.48. The van der Waals surface area contributed by atoms with Crippen molar-refractivity contribution in [3.05, 3.63) is 29.8 Å². The maximum Gasteiger partial charge on any atom is 0.197 e. The monoisotopic (exact) mass is 350 g/mol. The van der Waals surface area contributed by atoms with Gasteiger partial charge in [-0.3, -0.25) is 0 Å². The zero-order valence-electron chi connectivity index (χ0n) is 12.9. The number of hydrogen-bond donors (Lipinski definition) is 0. The highest BCUT2D eigenvalue weighted by atomic mass is 35.6. The molecule has 0 heterocycles. The second-order valence-corrected chi connectivity index (χ2v) is 7.79. The predicted octanol–water partition coefficient (Wildman–Crippen LogP) is 6.90. The van der Waals surface area contributed by atoms with Crippen molar-refractivity contribution in [3.8, 4) is 5.75 Å². The Kier molecular flexibility index (Phi) is 8.85. The summed E-state index contributed by atoms with van der Waals surface area (Å²) in [7, 11) is 1.65. The molecular weight excluding hydrogens is 327 g/mol. The number of alkyl halides is 3. The molecule has 1 aromatic carbocycles. The van der Waals surface area contributed by atoms with E-state index in [0.717, 1.165) is 24.2 Å². The van der Waals surface area contributed by atoms with Gasteiger partial charge in [0.2, 0.25) is 0 Å². The van der Waals surface area contributed by atoms with E-state index in [1.54, 1.807) is 7.11 Å². The topological polar surface area (TPSA) is 9.23 Å². The van der Waals surface area contributed by atoms with Crippen LogP contribution in [0.5, 0.6) is 5.75 Å². The summed E-state index contributed by atoms with van der Waals surface area (Å²) >= 11 is 18.5. The first-order valence-corrected chi connectivity index (χ1v) is 8.83. The Bertz CT molecular complexity index is 384. The number of unbranched alkanes of at least 4 members (excludes halogenated alkanes) is 5. The minimum atomic E-state index is -1.27. The average Bonchev–Trinajstić information content (AvgIpc) is 2.45. The Morgan fingerprint density at radius 1 is 0.952 bits per heavy atom. The van der Waals surface area contributed by atoms with Gasteiger partial charge in [-0.1, -0.05) is 92.4 Å². The molecule has 0 saturated carbocycles. The Morgan fingerprint density at radius 2 is 1.52 bits per heavy atom. The molecule has 0 fully saturated rings. The Balaban J connectivity index is 2.55. The standard InChI is InChI=1S/C17H25Cl3O/c1-3-4-5-6-7-8-9-16(17(18,19)20)14-10-12-15(21-2)13-11-14/h10-13,16H,3-9H2,1-2H3. The summed E-state index contributed by atoms with van der Waals surface area (Å²) in [4.78, 5) is 0. The van der Waals surface area contributed by atoms with Crippen LogP contribution in [0.2, 0.25) is 0 Å². The van der Waals surface area contributed by atoms with Gasteiger partial charge in [-0.15, -0.1) is 0 Å². The Hall–Kier alpha value is -0.110. The lowest BCUT2D eigenvalue weighted by atomic mass is 9.94. The van der Waals surface area contributed by atoms with E-state index in [1.165, 1.54) is 32.1 Å². The van der Waals surface area contributed by atoms with Crippen LogP contribution in [0, 0.1) is 0 Å². The van der Waals surface area contributed by atoms with E-state index in [2.05, 4.69) is 6.92 Å². The highest BCUT2D eigenvalue weighted by Crippen LogP contribution is 2.44. The van der Waals surface area contributed by atoms with Gasteiger partial charge < -0.3 is 4.74 Å². The number of halogens is 3. The number of methoxy groups -OCH3 is 1. The molecule has 1 atom stereocenters. The molecule has 0 N–H and O–H groups in total. The first-order valence-electron chi connectivity index (χ1n) is 7.69. The Labute approximate surface area is 143 Å². The largest absolute Gasteiger partial charge is 0.497 e. The number of hydrogen-bond acceptors (Lipinski definition) is 1. The molecule has 0 aromatic heterocycles. The molecule has 120 valence electrons. The third kappa shape index (κ3) is 7.13. The zero-order valence-corrected chi connectivity index (χ0v) is 15.1. The molecule has 0 radical (unpaired) electrons. The lowest BCUT2D eigenvalue weighted by Crippen LogP contribution is -2.17. The molecule has 4 heteroatoms. The van der Waals surface area contributed by atoms with Crippen molar-refractivity contribution >= 4 is 34.8 Å². The highest BCUT2D eigenvalue weighted by Gasteiger charge is 2.33. The van der Waals surface area contributed by atoms with E-state index in [1.807, 2.05) is 24.3 Å². The van der Waals surface area contributed by atoms with Gasteiger partial charge in [-0.2, -0.15) is 0 Å². The average molecular weight is 352 g/mol. The lowest BCUT2D eigenvalue weighted by Gasteiger charge is -2.25. The van der Waals surface area contributed by atoms with E-state index in [9.17, 15) is 0 Å². The van der Waals surface area contributed by atoms with Crippen molar-refractivity contribution in [1.82, 2.24) is 0 Å². The second-order valence-electron chi connectivity index (χ2n) is 5.42. The summed E-state index contributed by atoms with van der Waals surface area (Å²) in [5.74, 6) is 0.751. The van der Waals surface area contributed by atoms with Gasteiger partial charge in [0.05, 0.1) is 7.11 Å². The minimum Gasteiger partial charge on any atom is -0.497 e. The smallest absolute Gasteiger partial charge is 0.197 e. The molecule has 0 amide bonds. The SMILES string of the molecule is CCCCCCCCC(c1ccc(OC)cc1)C(Cl)(Cl)Cl. The maximum absolute atomic E-state index is 6.17. The van der Waals surface area contributed by atoms with E-state index in [4.69, 9.17) is 39.5 Å². The zero-order chi connectivity index (χ0) is 15.7.